The number of halogens is 4. The number of aliphatic imine (C=N–C) groups is 1. The summed E-state index contributed by atoms with van der Waals surface area (Å²) < 4.78 is 20.4. The number of nitrogens with one attached hydrogen (secondary N) is 1. The molecule has 2 aliphatic rings. The standard InChI is InChI=1S/C13H20N4O2.C13H17N3O2.C8H9N2O3S.4HI.V/c1-2-19-12(18)11-8-15-13(16-9-11)17-5-3-10(7-14)4-6-17;17-16(18)13-3-1-11(2-4-13)9-15-10-12-5-7-14-8-6-12;1-3-13-7(11)6-4-9-8(10-5-6)14(2)12;;;;;/h8-10H,2-7,14H2,1H3;1-4,9,12,14H,5-8,10H2;4-5H,2-3H2,1H3;4*1H;/q;;+1;;;;;+3/p-3. The van der Waals surface area contributed by atoms with Crippen molar-refractivity contribution in [1.82, 2.24) is 25.3 Å². The Morgan fingerprint density at radius 2 is 1.45 bits per heavy atom. The van der Waals surface area contributed by atoms with Gasteiger partial charge in [-0.15, -0.1) is 24.0 Å². The van der Waals surface area contributed by atoms with Crippen molar-refractivity contribution in [2.75, 3.05) is 57.4 Å². The number of nitro benzene ring substituents is 1. The van der Waals surface area contributed by atoms with Crippen molar-refractivity contribution in [1.29, 1.82) is 0 Å². The molecule has 56 heavy (non-hydrogen) atoms. The van der Waals surface area contributed by atoms with Gasteiger partial charge in [-0.2, -0.15) is 0 Å². The fourth-order valence-electron chi connectivity index (χ4n) is 4.98. The maximum atomic E-state index is 11.5. The molecule has 22 heteroatoms. The Balaban J connectivity index is 0.000000401. The molecule has 0 amide bonds. The van der Waals surface area contributed by atoms with Crippen molar-refractivity contribution in [2.45, 2.75) is 44.7 Å². The summed E-state index contributed by atoms with van der Waals surface area (Å²) in [6.07, 6.45) is 15.1. The molecular weight excluding hydrogens is 1240 g/mol. The topological polar surface area (TPSA) is 218 Å². The number of hydrogen-bond acceptors (Lipinski definition) is 15. The third kappa shape index (κ3) is 21.6. The predicted octanol–water partition coefficient (Wildman–Crippen LogP) is 6.67. The number of ether oxygens (including phenoxy) is 2. The summed E-state index contributed by atoms with van der Waals surface area (Å²) in [5.41, 5.74) is 7.32. The van der Waals surface area contributed by atoms with Crippen LogP contribution in [0.5, 0.6) is 0 Å². The van der Waals surface area contributed by atoms with E-state index in [0.717, 1.165) is 57.7 Å². The number of nitrogens with two attached hydrogens (primary N) is 1. The fourth-order valence-corrected chi connectivity index (χ4v) is 5.32. The fraction of sp³-hybridized carbons (Fsp3) is 0.471. The van der Waals surface area contributed by atoms with Gasteiger partial charge in [0.1, 0.15) is 0 Å². The molecule has 1 atom stereocenters. The van der Waals surface area contributed by atoms with Crippen molar-refractivity contribution in [3.05, 3.63) is 82.1 Å². The van der Waals surface area contributed by atoms with Gasteiger partial charge >= 0.3 is 76.8 Å². The first-order valence-electron chi connectivity index (χ1n) is 17.3. The molecule has 3 N–H and O–H groups in total. The van der Waals surface area contributed by atoms with Crippen LogP contribution >= 0.6 is 83.9 Å². The molecule has 1 unspecified atom stereocenters. The van der Waals surface area contributed by atoms with E-state index >= 15 is 0 Å². The third-order valence-corrected chi connectivity index (χ3v) is 8.51. The Kier molecular flexibility index (Phi) is 28.8. The number of carbonyl (C=O) groups excluding carboxylic acids is 2. The molecule has 0 aliphatic carbocycles. The molecule has 2 fully saturated rings. The van der Waals surface area contributed by atoms with Crippen molar-refractivity contribution >= 4 is 125 Å². The predicted molar refractivity (Wildman–Crippen MR) is 250 cm³/mol. The van der Waals surface area contributed by atoms with Crippen LogP contribution in [0.4, 0.5) is 11.6 Å². The molecular formula is C34H47I4N9O7SV+. The summed E-state index contributed by atoms with van der Waals surface area (Å²) in [6, 6.07) is 6.46. The van der Waals surface area contributed by atoms with E-state index in [2.05, 4.69) is 101 Å². The van der Waals surface area contributed by atoms with E-state index in [1.54, 1.807) is 32.2 Å². The van der Waals surface area contributed by atoms with Crippen LogP contribution in [0, 0.1) is 28.2 Å². The molecule has 4 heterocycles. The van der Waals surface area contributed by atoms with E-state index in [0.29, 0.717) is 36.6 Å². The molecule has 5 rings (SSSR count). The van der Waals surface area contributed by atoms with Crippen LogP contribution in [0.3, 0.4) is 0 Å². The zero-order chi connectivity index (χ0) is 40.6. The Morgan fingerprint density at radius 1 is 0.964 bits per heavy atom. The normalized spacial score (nSPS) is 14.7. The number of rotatable bonds is 11. The summed E-state index contributed by atoms with van der Waals surface area (Å²) in [5.74, 6) is 1.07. The van der Waals surface area contributed by atoms with Gasteiger partial charge in [0.15, 0.2) is 6.26 Å². The van der Waals surface area contributed by atoms with Crippen molar-refractivity contribution < 1.29 is 33.1 Å². The summed E-state index contributed by atoms with van der Waals surface area (Å²) >= 11 is 7.39. The minimum absolute atomic E-state index is 0. The number of benzene rings is 1. The number of hydrogen-bond donors (Lipinski definition) is 2. The molecule has 308 valence electrons. The van der Waals surface area contributed by atoms with E-state index in [9.17, 15) is 23.9 Å². The molecule has 2 aliphatic heterocycles. The SMILES string of the molecule is CCOC(=O)c1cnc(N2CCC(CN)CC2)nc1.I.O=[N+]([O-])c1ccc(C=NCC2CCNCC2)cc1.[CH2+]S(=O)c1ncc(C(=O)OCC)cn1.[I][V]([I])[I]. The first kappa shape index (κ1) is 52.7. The van der Waals surface area contributed by atoms with Gasteiger partial charge in [-0.25, -0.2) is 33.7 Å². The minimum atomic E-state index is -1.48. The van der Waals surface area contributed by atoms with Crippen LogP contribution in [-0.2, 0) is 25.2 Å². The molecule has 2 aromatic heterocycles. The number of anilines is 1. The quantitative estimate of drug-likeness (QED) is 0.0390. The number of non-ortho nitro benzene ring substituents is 1. The molecule has 1 aromatic carbocycles. The second-order valence-corrected chi connectivity index (χ2v) is 48.1. The van der Waals surface area contributed by atoms with E-state index < -0.39 is 21.7 Å². The molecule has 0 spiro atoms. The van der Waals surface area contributed by atoms with Crippen LogP contribution in [0.15, 0.2) is 59.2 Å². The Hall–Kier alpha value is -1.37. The van der Waals surface area contributed by atoms with Gasteiger partial charge in [0.2, 0.25) is 5.95 Å². The maximum absolute atomic E-state index is 11.5. The number of carbonyl (C=O) groups is 2. The van der Waals surface area contributed by atoms with Gasteiger partial charge < -0.3 is 25.4 Å². The van der Waals surface area contributed by atoms with Gasteiger partial charge in [0, 0.05) is 62.8 Å². The molecule has 16 nitrogen and oxygen atoms in total. The van der Waals surface area contributed by atoms with E-state index in [4.69, 9.17) is 15.2 Å². The second kappa shape index (κ2) is 30.6. The Bertz CT molecular complexity index is 1640. The molecule has 0 bridgehead atoms. The third-order valence-electron chi connectivity index (χ3n) is 7.89. The van der Waals surface area contributed by atoms with E-state index in [1.807, 2.05) is 0 Å². The Labute approximate surface area is 385 Å². The number of nitrogens with zero attached hydrogens (tertiary/aromatic N) is 7. The van der Waals surface area contributed by atoms with Gasteiger partial charge in [-0.3, -0.25) is 15.1 Å². The number of esters is 2. The molecule has 2 saturated heterocycles. The van der Waals surface area contributed by atoms with Gasteiger partial charge in [0.05, 0.1) is 29.3 Å². The van der Waals surface area contributed by atoms with Crippen LogP contribution in [0.2, 0.25) is 0 Å². The summed E-state index contributed by atoms with van der Waals surface area (Å²) in [4.78, 5) is 54.9. The molecule has 3 aromatic rings. The summed E-state index contributed by atoms with van der Waals surface area (Å²) in [6.45, 7) is 9.72. The van der Waals surface area contributed by atoms with Crippen LogP contribution in [0.25, 0.3) is 0 Å². The van der Waals surface area contributed by atoms with Crippen molar-refractivity contribution in [3.8, 4) is 0 Å². The zero-order valence-electron chi connectivity index (χ0n) is 31.0. The van der Waals surface area contributed by atoms with Gasteiger partial charge in [0.25, 0.3) is 21.6 Å². The Morgan fingerprint density at radius 3 is 1.88 bits per heavy atom. The summed E-state index contributed by atoms with van der Waals surface area (Å²) in [5, 5.41) is 13.9. The molecule has 0 radical (unpaired) electrons. The van der Waals surface area contributed by atoms with Crippen LogP contribution in [0.1, 0.15) is 65.8 Å². The number of nitro groups is 1. The monoisotopic (exact) mass is 1280 g/mol. The molecule has 0 saturated carbocycles. The average molecular weight is 1280 g/mol. The second-order valence-electron chi connectivity index (χ2n) is 11.7. The van der Waals surface area contributed by atoms with Gasteiger partial charge in [-0.1, -0.05) is 0 Å². The first-order valence-corrected chi connectivity index (χ1v) is 32.1. The number of aromatic nitrogens is 4. The van der Waals surface area contributed by atoms with E-state index in [1.165, 1.54) is 49.8 Å². The van der Waals surface area contributed by atoms with Gasteiger partial charge in [-0.05, 0) is 88.7 Å². The zero-order valence-corrected chi connectivity index (χ0v) is 42.0. The van der Waals surface area contributed by atoms with Crippen LogP contribution < -0.4 is 16.0 Å². The van der Waals surface area contributed by atoms with Crippen LogP contribution in [-0.4, -0.2) is 99.7 Å². The van der Waals surface area contributed by atoms with E-state index in [-0.39, 0.29) is 51.3 Å². The first-order chi connectivity index (χ1) is 26.4. The number of piperidine rings is 2. The van der Waals surface area contributed by atoms with Crippen molar-refractivity contribution in [3.63, 3.8) is 0 Å². The average Bonchev–Trinajstić information content (AvgIpc) is 3.19. The van der Waals surface area contributed by atoms with Crippen molar-refractivity contribution in [2.24, 2.45) is 22.6 Å². The summed E-state index contributed by atoms with van der Waals surface area (Å²) in [7, 11) is -1.48.